The Morgan fingerprint density at radius 1 is 1.25 bits per heavy atom. The molecule has 144 valence electrons. The van der Waals surface area contributed by atoms with E-state index in [0.29, 0.717) is 13.1 Å². The van der Waals surface area contributed by atoms with Crippen LogP contribution < -0.4 is 5.32 Å². The fourth-order valence-electron chi connectivity index (χ4n) is 2.58. The summed E-state index contributed by atoms with van der Waals surface area (Å²) in [6.45, 7) is 2.85. The van der Waals surface area contributed by atoms with Crippen LogP contribution in [0.25, 0.3) is 0 Å². The van der Waals surface area contributed by atoms with Crippen LogP contribution in [0.3, 0.4) is 0 Å². The van der Waals surface area contributed by atoms with Crippen molar-refractivity contribution in [2.45, 2.75) is 30.2 Å². The molecule has 0 aliphatic heterocycles. The van der Waals surface area contributed by atoms with Crippen molar-refractivity contribution < 1.29 is 9.72 Å². The number of hydrogen-bond donors (Lipinski definition) is 1. The van der Waals surface area contributed by atoms with E-state index in [1.54, 1.807) is 23.1 Å². The van der Waals surface area contributed by atoms with Crippen molar-refractivity contribution in [1.82, 2.24) is 20.1 Å². The lowest BCUT2D eigenvalue weighted by molar-refractivity contribution is -0.384. The minimum atomic E-state index is -0.443. The predicted octanol–water partition coefficient (Wildman–Crippen LogP) is 3.03. The summed E-state index contributed by atoms with van der Waals surface area (Å²) in [5.41, 5.74) is 2.11. The summed E-state index contributed by atoms with van der Waals surface area (Å²) in [7, 11) is 0. The second kappa shape index (κ2) is 9.14. The molecule has 0 radical (unpaired) electrons. The van der Waals surface area contributed by atoms with E-state index in [2.05, 4.69) is 15.4 Å². The molecule has 3 rings (SSSR count). The minimum Gasteiger partial charge on any atom is -0.351 e. The molecule has 8 nitrogen and oxygen atoms in total. The second-order valence-corrected chi connectivity index (χ2v) is 7.56. The standard InChI is InChI=1S/C19H19N5O3S/c1-14(28-18-7-5-17(6-8-18)24(26)27)19(25)21-10-15-3-2-4-16(9-15)11-23-13-20-12-22-23/h2-9,12-14H,10-11H2,1H3,(H,21,25)/t14-/m1/s1. The number of carbonyl (C=O) groups excluding carboxylic acids is 1. The monoisotopic (exact) mass is 397 g/mol. The van der Waals surface area contributed by atoms with Crippen molar-refractivity contribution in [3.8, 4) is 0 Å². The molecule has 0 unspecified atom stereocenters. The van der Waals surface area contributed by atoms with Gasteiger partial charge in [-0.1, -0.05) is 24.3 Å². The summed E-state index contributed by atoms with van der Waals surface area (Å²) in [5.74, 6) is -0.0926. The summed E-state index contributed by atoms with van der Waals surface area (Å²) >= 11 is 1.36. The predicted molar refractivity (Wildman–Crippen MR) is 106 cm³/mol. The summed E-state index contributed by atoms with van der Waals surface area (Å²) in [4.78, 5) is 27.4. The van der Waals surface area contributed by atoms with Crippen molar-refractivity contribution in [1.29, 1.82) is 0 Å². The van der Waals surface area contributed by atoms with Gasteiger partial charge in [-0.15, -0.1) is 11.8 Å². The van der Waals surface area contributed by atoms with Crippen molar-refractivity contribution in [3.05, 3.63) is 82.4 Å². The van der Waals surface area contributed by atoms with Gasteiger partial charge in [0, 0.05) is 23.6 Å². The van der Waals surface area contributed by atoms with Crippen molar-refractivity contribution >= 4 is 23.4 Å². The Hall–Kier alpha value is -3.20. The molecule has 1 aromatic heterocycles. The number of hydrogen-bond acceptors (Lipinski definition) is 6. The molecule has 28 heavy (non-hydrogen) atoms. The highest BCUT2D eigenvalue weighted by atomic mass is 32.2. The quantitative estimate of drug-likeness (QED) is 0.356. The number of nitro benzene ring substituents is 1. The van der Waals surface area contributed by atoms with E-state index in [1.165, 1.54) is 30.2 Å². The number of nitrogens with one attached hydrogen (secondary N) is 1. The smallest absolute Gasteiger partial charge is 0.269 e. The zero-order valence-electron chi connectivity index (χ0n) is 15.2. The average Bonchev–Trinajstić information content (AvgIpc) is 3.19. The lowest BCUT2D eigenvalue weighted by atomic mass is 10.1. The molecule has 0 fully saturated rings. The topological polar surface area (TPSA) is 103 Å². The van der Waals surface area contributed by atoms with Gasteiger partial charge in [-0.05, 0) is 30.2 Å². The number of aromatic nitrogens is 3. The van der Waals surface area contributed by atoms with Gasteiger partial charge in [-0.25, -0.2) is 9.67 Å². The van der Waals surface area contributed by atoms with Gasteiger partial charge in [-0.2, -0.15) is 5.10 Å². The van der Waals surface area contributed by atoms with Crippen molar-refractivity contribution in [2.24, 2.45) is 0 Å². The molecule has 0 spiro atoms. The van der Waals surface area contributed by atoms with Gasteiger partial charge in [0.25, 0.3) is 5.69 Å². The maximum atomic E-state index is 12.4. The van der Waals surface area contributed by atoms with E-state index >= 15 is 0 Å². The highest BCUT2D eigenvalue weighted by Crippen LogP contribution is 2.25. The molecule has 1 heterocycles. The van der Waals surface area contributed by atoms with E-state index in [4.69, 9.17) is 0 Å². The molecule has 3 aromatic rings. The molecule has 1 atom stereocenters. The molecule has 1 amide bonds. The van der Waals surface area contributed by atoms with Crippen LogP contribution in [-0.4, -0.2) is 30.8 Å². The average molecular weight is 397 g/mol. The van der Waals surface area contributed by atoms with Crippen LogP contribution in [0, 0.1) is 10.1 Å². The highest BCUT2D eigenvalue weighted by molar-refractivity contribution is 8.00. The number of nitro groups is 1. The Bertz CT molecular complexity index is 944. The molecular weight excluding hydrogens is 378 g/mol. The Morgan fingerprint density at radius 2 is 2.00 bits per heavy atom. The number of non-ortho nitro benzene ring substituents is 1. The molecular formula is C19H19N5O3S. The van der Waals surface area contributed by atoms with E-state index in [0.717, 1.165) is 16.0 Å². The van der Waals surface area contributed by atoms with Crippen LogP contribution in [0.2, 0.25) is 0 Å². The molecule has 0 bridgehead atoms. The van der Waals surface area contributed by atoms with Crippen LogP contribution in [0.15, 0.2) is 66.1 Å². The zero-order chi connectivity index (χ0) is 19.9. The van der Waals surface area contributed by atoms with Gasteiger partial charge in [0.05, 0.1) is 16.7 Å². The molecule has 0 saturated carbocycles. The van der Waals surface area contributed by atoms with E-state index < -0.39 is 4.92 Å². The maximum Gasteiger partial charge on any atom is 0.269 e. The Balaban J connectivity index is 1.52. The first-order chi connectivity index (χ1) is 13.5. The van der Waals surface area contributed by atoms with E-state index in [9.17, 15) is 14.9 Å². The van der Waals surface area contributed by atoms with Crippen LogP contribution in [-0.2, 0) is 17.9 Å². The third-order valence-electron chi connectivity index (χ3n) is 4.00. The fourth-order valence-corrected chi connectivity index (χ4v) is 3.47. The lowest BCUT2D eigenvalue weighted by Gasteiger charge is -2.12. The molecule has 2 aromatic carbocycles. The van der Waals surface area contributed by atoms with Crippen LogP contribution in [0.4, 0.5) is 5.69 Å². The molecule has 0 saturated heterocycles. The number of thioether (sulfide) groups is 1. The maximum absolute atomic E-state index is 12.4. The second-order valence-electron chi connectivity index (χ2n) is 6.14. The van der Waals surface area contributed by atoms with Gasteiger partial charge in [0.15, 0.2) is 0 Å². The van der Waals surface area contributed by atoms with Gasteiger partial charge >= 0.3 is 0 Å². The van der Waals surface area contributed by atoms with E-state index in [-0.39, 0.29) is 16.8 Å². The van der Waals surface area contributed by atoms with Gasteiger partial charge in [0.1, 0.15) is 12.7 Å². The number of amides is 1. The Morgan fingerprint density at radius 3 is 2.68 bits per heavy atom. The first kappa shape index (κ1) is 19.6. The van der Waals surface area contributed by atoms with E-state index in [1.807, 2.05) is 31.2 Å². The van der Waals surface area contributed by atoms with Gasteiger partial charge < -0.3 is 5.32 Å². The first-order valence-electron chi connectivity index (χ1n) is 8.60. The van der Waals surface area contributed by atoms with Crippen molar-refractivity contribution in [3.63, 3.8) is 0 Å². The zero-order valence-corrected chi connectivity index (χ0v) is 16.0. The molecule has 0 aliphatic carbocycles. The minimum absolute atomic E-state index is 0.0345. The van der Waals surface area contributed by atoms with Gasteiger partial charge in [0.2, 0.25) is 5.91 Å². The first-order valence-corrected chi connectivity index (χ1v) is 9.48. The number of rotatable bonds is 8. The number of carbonyl (C=O) groups is 1. The fraction of sp³-hybridized carbons (Fsp3) is 0.211. The summed E-state index contributed by atoms with van der Waals surface area (Å²) in [6, 6.07) is 14.1. The normalized spacial score (nSPS) is 11.8. The van der Waals surface area contributed by atoms with Crippen LogP contribution in [0.5, 0.6) is 0 Å². The van der Waals surface area contributed by atoms with Crippen molar-refractivity contribution in [2.75, 3.05) is 0 Å². The summed E-state index contributed by atoms with van der Waals surface area (Å²) in [6.07, 6.45) is 3.15. The third kappa shape index (κ3) is 5.40. The molecule has 9 heteroatoms. The van der Waals surface area contributed by atoms with Gasteiger partial charge in [-0.3, -0.25) is 14.9 Å². The highest BCUT2D eigenvalue weighted by Gasteiger charge is 2.15. The Kier molecular flexibility index (Phi) is 6.38. The third-order valence-corrected chi connectivity index (χ3v) is 5.11. The SMILES string of the molecule is C[C@@H](Sc1ccc([N+](=O)[O-])cc1)C(=O)NCc1cccc(Cn2cncn2)c1. The summed E-state index contributed by atoms with van der Waals surface area (Å²) in [5, 5.41) is 17.4. The largest absolute Gasteiger partial charge is 0.351 e. The summed E-state index contributed by atoms with van der Waals surface area (Å²) < 4.78 is 1.74. The number of benzene rings is 2. The Labute approximate surface area is 166 Å². The van der Waals surface area contributed by atoms with Crippen LogP contribution in [0.1, 0.15) is 18.1 Å². The molecule has 0 aliphatic rings. The number of nitrogens with zero attached hydrogens (tertiary/aromatic N) is 4. The molecule has 1 N–H and O–H groups in total. The van der Waals surface area contributed by atoms with Crippen LogP contribution >= 0.6 is 11.8 Å². The lowest BCUT2D eigenvalue weighted by Crippen LogP contribution is -2.30.